The van der Waals surface area contributed by atoms with E-state index < -0.39 is 24.0 Å². The zero-order valence-corrected chi connectivity index (χ0v) is 18.7. The molecular weight excluding hydrogens is 438 g/mol. The van der Waals surface area contributed by atoms with Gasteiger partial charge in [0.05, 0.1) is 0 Å². The lowest BCUT2D eigenvalue weighted by Crippen LogP contribution is -2.42. The number of nitrogens with one attached hydrogen (secondary N) is 3. The highest BCUT2D eigenvalue weighted by molar-refractivity contribution is 5.94. The lowest BCUT2D eigenvalue weighted by molar-refractivity contribution is -0.139. The van der Waals surface area contributed by atoms with E-state index in [4.69, 9.17) is 4.74 Å². The number of rotatable bonds is 8. The largest absolute Gasteiger partial charge is 0.480 e. The number of hydrogen-bond acceptors (Lipinski definition) is 6. The molecule has 0 radical (unpaired) electrons. The number of nitrogens with zero attached hydrogens (tertiary/aromatic N) is 2. The fourth-order valence-corrected chi connectivity index (χ4v) is 4.06. The van der Waals surface area contributed by atoms with Crippen LogP contribution in [0.5, 0.6) is 0 Å². The summed E-state index contributed by atoms with van der Waals surface area (Å²) in [5.74, 6) is -2.27. The van der Waals surface area contributed by atoms with Gasteiger partial charge in [0, 0.05) is 5.92 Å². The van der Waals surface area contributed by atoms with Crippen LogP contribution >= 0.6 is 0 Å². The zero-order chi connectivity index (χ0) is 24.2. The second-order valence-electron chi connectivity index (χ2n) is 8.45. The Labute approximate surface area is 195 Å². The van der Waals surface area contributed by atoms with E-state index in [9.17, 15) is 19.5 Å². The van der Waals surface area contributed by atoms with Crippen LogP contribution in [-0.2, 0) is 9.53 Å². The maximum absolute atomic E-state index is 12.4. The number of ether oxygens (including phenoxy) is 1. The van der Waals surface area contributed by atoms with Crippen molar-refractivity contribution in [2.45, 2.75) is 32.2 Å². The second-order valence-corrected chi connectivity index (χ2v) is 8.45. The number of fused-ring (bicyclic) bond motifs is 3. The summed E-state index contributed by atoms with van der Waals surface area (Å²) in [4.78, 5) is 39.9. The predicted molar refractivity (Wildman–Crippen MR) is 123 cm³/mol. The summed E-state index contributed by atoms with van der Waals surface area (Å²) in [6.45, 7) is 3.83. The van der Waals surface area contributed by atoms with Crippen molar-refractivity contribution >= 4 is 23.9 Å². The Morgan fingerprint density at radius 3 is 2.26 bits per heavy atom. The summed E-state index contributed by atoms with van der Waals surface area (Å²) in [6.07, 6.45) is -0.504. The molecule has 1 aliphatic carbocycles. The predicted octanol–water partition coefficient (Wildman–Crippen LogP) is 3.39. The third-order valence-corrected chi connectivity index (χ3v) is 5.57. The van der Waals surface area contributed by atoms with Crippen molar-refractivity contribution in [3.05, 3.63) is 65.5 Å². The second kappa shape index (κ2) is 9.74. The van der Waals surface area contributed by atoms with Gasteiger partial charge in [-0.05, 0) is 34.6 Å². The van der Waals surface area contributed by atoms with Gasteiger partial charge in [0.25, 0.3) is 11.9 Å². The normalized spacial score (nSPS) is 13.1. The lowest BCUT2D eigenvalue weighted by Gasteiger charge is -2.15. The summed E-state index contributed by atoms with van der Waals surface area (Å²) < 4.78 is 5.43. The van der Waals surface area contributed by atoms with Crippen LogP contribution in [0, 0.1) is 5.92 Å². The molecule has 34 heavy (non-hydrogen) atoms. The molecule has 1 aromatic heterocycles. The highest BCUT2D eigenvalue weighted by Gasteiger charge is 2.29. The Morgan fingerprint density at radius 1 is 1.06 bits per heavy atom. The first-order valence-electron chi connectivity index (χ1n) is 10.9. The van der Waals surface area contributed by atoms with Crippen LogP contribution < -0.4 is 10.6 Å². The van der Waals surface area contributed by atoms with Crippen LogP contribution in [0.2, 0.25) is 0 Å². The van der Waals surface area contributed by atoms with Gasteiger partial charge in [-0.2, -0.15) is 4.98 Å². The number of aliphatic carboxylic acids is 1. The molecule has 0 spiro atoms. The summed E-state index contributed by atoms with van der Waals surface area (Å²) in [7, 11) is 0. The van der Waals surface area contributed by atoms with Crippen molar-refractivity contribution in [3.63, 3.8) is 0 Å². The summed E-state index contributed by atoms with van der Waals surface area (Å²) in [6, 6.07) is 14.9. The lowest BCUT2D eigenvalue weighted by atomic mass is 9.98. The fraction of sp³-hybridized carbons (Fsp3) is 0.292. The first-order valence-corrected chi connectivity index (χ1v) is 10.9. The van der Waals surface area contributed by atoms with Crippen molar-refractivity contribution in [3.8, 4) is 11.1 Å². The van der Waals surface area contributed by atoms with Gasteiger partial charge in [0.15, 0.2) is 0 Å². The van der Waals surface area contributed by atoms with E-state index in [0.717, 1.165) is 22.3 Å². The van der Waals surface area contributed by atoms with Gasteiger partial charge in [-0.3, -0.25) is 15.2 Å². The number of anilines is 1. The standard InChI is InChI=1S/C24H25N5O5/c1-13(2)11-19(22(31)32)25-21(30)20-26-23(29-28-20)27-24(33)34-12-18-16-9-5-3-7-14(16)15-8-4-6-10-17(15)18/h3-10,13,18-19H,11-12H2,1-2H3,(H,25,30)(H,31,32)(H2,26,27,28,29,33)/t19-/m1/s1. The summed E-state index contributed by atoms with van der Waals surface area (Å²) >= 11 is 0. The van der Waals surface area contributed by atoms with Crippen LogP contribution in [0.1, 0.15) is 47.9 Å². The average molecular weight is 463 g/mol. The molecule has 0 saturated heterocycles. The summed E-state index contributed by atoms with van der Waals surface area (Å²) in [5.41, 5.74) is 4.41. The van der Waals surface area contributed by atoms with E-state index in [-0.39, 0.29) is 36.6 Å². The minimum absolute atomic E-state index is 0.0712. The minimum atomic E-state index is -1.14. The summed E-state index contributed by atoms with van der Waals surface area (Å²) in [5, 5.41) is 20.2. The molecule has 176 valence electrons. The number of benzene rings is 2. The third kappa shape index (κ3) is 4.90. The molecule has 0 fully saturated rings. The molecule has 0 aliphatic heterocycles. The van der Waals surface area contributed by atoms with Crippen LogP contribution in [0.3, 0.4) is 0 Å². The number of aromatic amines is 1. The average Bonchev–Trinajstić information content (AvgIpc) is 3.39. The third-order valence-electron chi connectivity index (χ3n) is 5.57. The first kappa shape index (κ1) is 23.0. The highest BCUT2D eigenvalue weighted by atomic mass is 16.5. The van der Waals surface area contributed by atoms with Crippen LogP contribution in [-0.4, -0.2) is 50.9 Å². The Morgan fingerprint density at radius 2 is 1.68 bits per heavy atom. The molecule has 0 unspecified atom stereocenters. The van der Waals surface area contributed by atoms with E-state index in [0.29, 0.717) is 0 Å². The monoisotopic (exact) mass is 463 g/mol. The molecule has 3 aromatic rings. The van der Waals surface area contributed by atoms with Crippen molar-refractivity contribution in [1.29, 1.82) is 0 Å². The van der Waals surface area contributed by atoms with Crippen LogP contribution in [0.25, 0.3) is 11.1 Å². The smallest absolute Gasteiger partial charge is 0.414 e. The van der Waals surface area contributed by atoms with Gasteiger partial charge in [-0.15, -0.1) is 5.10 Å². The van der Waals surface area contributed by atoms with Crippen molar-refractivity contribution in [1.82, 2.24) is 20.5 Å². The molecule has 10 heteroatoms. The molecule has 1 aliphatic rings. The zero-order valence-electron chi connectivity index (χ0n) is 18.7. The molecule has 0 saturated carbocycles. The van der Waals surface area contributed by atoms with Gasteiger partial charge < -0.3 is 15.2 Å². The Balaban J connectivity index is 1.36. The fourth-order valence-electron chi connectivity index (χ4n) is 4.06. The molecule has 2 amide bonds. The Hall–Kier alpha value is -4.21. The number of carboxylic acid groups (broad SMARTS) is 1. The van der Waals surface area contributed by atoms with Crippen LogP contribution in [0.4, 0.5) is 10.7 Å². The van der Waals surface area contributed by atoms with Crippen LogP contribution in [0.15, 0.2) is 48.5 Å². The van der Waals surface area contributed by atoms with Gasteiger partial charge in [-0.1, -0.05) is 62.4 Å². The molecule has 4 rings (SSSR count). The van der Waals surface area contributed by atoms with Crippen molar-refractivity contribution < 1.29 is 24.2 Å². The molecule has 0 bridgehead atoms. The van der Waals surface area contributed by atoms with Gasteiger partial charge in [-0.25, -0.2) is 9.59 Å². The quantitative estimate of drug-likeness (QED) is 0.400. The number of carboxylic acids is 1. The molecular formula is C24H25N5O5. The first-order chi connectivity index (χ1) is 16.3. The Bertz CT molecular complexity index is 1180. The van der Waals surface area contributed by atoms with E-state index in [2.05, 4.69) is 25.8 Å². The Kier molecular flexibility index (Phi) is 6.58. The van der Waals surface area contributed by atoms with Crippen molar-refractivity contribution in [2.75, 3.05) is 11.9 Å². The van der Waals surface area contributed by atoms with Gasteiger partial charge in [0.2, 0.25) is 5.82 Å². The minimum Gasteiger partial charge on any atom is -0.480 e. The SMILES string of the molecule is CC(C)C[C@@H](NC(=O)c1nc(NC(=O)OCC2c3ccccc3-c3ccccc32)n[nH]1)C(=O)O. The number of amides is 2. The van der Waals surface area contributed by atoms with E-state index in [1.807, 2.05) is 62.4 Å². The number of H-pyrrole nitrogens is 1. The maximum atomic E-state index is 12.4. The van der Waals surface area contributed by atoms with Gasteiger partial charge in [0.1, 0.15) is 12.6 Å². The number of hydrogen-bond donors (Lipinski definition) is 4. The maximum Gasteiger partial charge on any atom is 0.414 e. The molecule has 10 nitrogen and oxygen atoms in total. The van der Waals surface area contributed by atoms with E-state index >= 15 is 0 Å². The molecule has 1 heterocycles. The van der Waals surface area contributed by atoms with E-state index in [1.54, 1.807) is 0 Å². The van der Waals surface area contributed by atoms with E-state index in [1.165, 1.54) is 0 Å². The number of carbonyl (C=O) groups excluding carboxylic acids is 2. The number of carbonyl (C=O) groups is 3. The topological polar surface area (TPSA) is 146 Å². The molecule has 2 aromatic carbocycles. The number of aromatic nitrogens is 3. The highest BCUT2D eigenvalue weighted by Crippen LogP contribution is 2.44. The molecule has 1 atom stereocenters. The molecule has 4 N–H and O–H groups in total. The van der Waals surface area contributed by atoms with Crippen molar-refractivity contribution in [2.24, 2.45) is 5.92 Å². The van der Waals surface area contributed by atoms with Gasteiger partial charge >= 0.3 is 12.1 Å².